The summed E-state index contributed by atoms with van der Waals surface area (Å²) in [5.41, 5.74) is 2.45. The van der Waals surface area contributed by atoms with Gasteiger partial charge >= 0.3 is 0 Å². The van der Waals surface area contributed by atoms with Gasteiger partial charge in [-0.1, -0.05) is 0 Å². The lowest BCUT2D eigenvalue weighted by Crippen LogP contribution is -2.12. The van der Waals surface area contributed by atoms with E-state index >= 15 is 0 Å². The van der Waals surface area contributed by atoms with Crippen LogP contribution in [0.4, 0.5) is 5.69 Å². The van der Waals surface area contributed by atoms with Crippen LogP contribution < -0.4 is 4.81 Å². The molecule has 0 spiro atoms. The van der Waals surface area contributed by atoms with Crippen molar-refractivity contribution in [2.45, 2.75) is 6.92 Å². The lowest BCUT2D eigenvalue weighted by molar-refractivity contribution is 1.22. The van der Waals surface area contributed by atoms with Gasteiger partial charge in [0.2, 0.25) is 7.98 Å². The largest absolute Gasteiger partial charge is 0.423 e. The highest BCUT2D eigenvalue weighted by Gasteiger charge is 1.96. The van der Waals surface area contributed by atoms with Crippen LogP contribution in [0.15, 0.2) is 18.5 Å². The van der Waals surface area contributed by atoms with Crippen LogP contribution in [0.25, 0.3) is 0 Å². The van der Waals surface area contributed by atoms with E-state index in [0.717, 1.165) is 0 Å². The molecular weight excluding hydrogens is 123 g/mol. The number of hydrogen-bond donors (Lipinski definition) is 0. The summed E-state index contributed by atoms with van der Waals surface area (Å²) >= 11 is 0. The molecule has 52 valence electrons. The van der Waals surface area contributed by atoms with Crippen molar-refractivity contribution >= 4 is 13.7 Å². The first-order chi connectivity index (χ1) is 4.72. The van der Waals surface area contributed by atoms with E-state index < -0.39 is 0 Å². The van der Waals surface area contributed by atoms with Gasteiger partial charge in [-0.2, -0.15) is 0 Å². The molecule has 1 aromatic rings. The van der Waals surface area contributed by atoms with Gasteiger partial charge in [0.25, 0.3) is 0 Å². The van der Waals surface area contributed by atoms with Crippen molar-refractivity contribution < 1.29 is 0 Å². The van der Waals surface area contributed by atoms with Gasteiger partial charge in [-0.25, -0.2) is 0 Å². The van der Waals surface area contributed by atoms with Crippen LogP contribution in [0.5, 0.6) is 0 Å². The first kappa shape index (κ1) is 7.13. The first-order valence-electron chi connectivity index (χ1n) is 3.30. The third kappa shape index (κ3) is 1.29. The number of hydrogen-bond acceptors (Lipinski definition) is 2. The first-order valence-corrected chi connectivity index (χ1v) is 3.30. The fraction of sp³-hybridized carbons (Fsp3) is 0.286. The third-order valence-electron chi connectivity index (χ3n) is 1.49. The van der Waals surface area contributed by atoms with E-state index in [1.807, 2.05) is 33.5 Å². The molecule has 2 nitrogen and oxygen atoms in total. The Kier molecular flexibility index (Phi) is 1.95. The van der Waals surface area contributed by atoms with Gasteiger partial charge in [-0.05, 0) is 25.6 Å². The average molecular weight is 134 g/mol. The Balaban J connectivity index is 3.03. The zero-order chi connectivity index (χ0) is 7.56. The highest BCUT2D eigenvalue weighted by atomic mass is 15.0. The molecule has 10 heavy (non-hydrogen) atoms. The van der Waals surface area contributed by atoms with Crippen LogP contribution in [-0.4, -0.2) is 20.0 Å². The zero-order valence-corrected chi connectivity index (χ0v) is 6.63. The van der Waals surface area contributed by atoms with Gasteiger partial charge in [0.05, 0.1) is 0 Å². The highest BCUT2D eigenvalue weighted by molar-refractivity contribution is 6.17. The number of rotatable bonds is 1. The van der Waals surface area contributed by atoms with Gasteiger partial charge < -0.3 is 4.81 Å². The van der Waals surface area contributed by atoms with Crippen molar-refractivity contribution in [3.05, 3.63) is 24.0 Å². The normalized spacial score (nSPS) is 9.40. The van der Waals surface area contributed by atoms with Crippen molar-refractivity contribution in [2.24, 2.45) is 0 Å². The highest BCUT2D eigenvalue weighted by Crippen LogP contribution is 2.13. The van der Waals surface area contributed by atoms with E-state index in [2.05, 4.69) is 16.7 Å². The fourth-order valence-electron chi connectivity index (χ4n) is 0.924. The molecule has 0 aromatic carbocycles. The number of pyridine rings is 1. The summed E-state index contributed by atoms with van der Waals surface area (Å²) in [5, 5.41) is 0. The molecular formula is C7H11BN2. The Hall–Kier alpha value is -0.985. The maximum Gasteiger partial charge on any atom is 0.217 e. The van der Waals surface area contributed by atoms with Crippen LogP contribution in [0.2, 0.25) is 0 Å². The molecule has 0 aliphatic carbocycles. The molecule has 0 atom stereocenters. The van der Waals surface area contributed by atoms with Gasteiger partial charge in [0, 0.05) is 18.1 Å². The molecule has 0 saturated heterocycles. The van der Waals surface area contributed by atoms with Crippen molar-refractivity contribution in [3.63, 3.8) is 0 Å². The Morgan fingerprint density at radius 3 is 2.70 bits per heavy atom. The monoisotopic (exact) mass is 134 g/mol. The predicted octanol–water partition coefficient (Wildman–Crippen LogP) is 0.374. The Morgan fingerprint density at radius 2 is 2.30 bits per heavy atom. The Morgan fingerprint density at radius 1 is 1.60 bits per heavy atom. The lowest BCUT2D eigenvalue weighted by atomic mass is 10.2. The molecule has 0 unspecified atom stereocenters. The fourth-order valence-corrected chi connectivity index (χ4v) is 0.924. The molecule has 0 bridgehead atoms. The SMILES string of the molecule is BN(C)c1cnccc1C. The topological polar surface area (TPSA) is 16.1 Å². The molecule has 3 heteroatoms. The molecule has 0 saturated carbocycles. The third-order valence-corrected chi connectivity index (χ3v) is 1.49. The summed E-state index contributed by atoms with van der Waals surface area (Å²) in [6, 6.07) is 2.01. The van der Waals surface area contributed by atoms with E-state index in [0.29, 0.717) is 0 Å². The minimum absolute atomic E-state index is 1.18. The molecule has 1 heterocycles. The summed E-state index contributed by atoms with van der Waals surface area (Å²) in [7, 11) is 4.04. The standard InChI is InChI=1S/C7H11BN2/c1-6-3-4-9-5-7(6)10(2)8/h3-5H,8H2,1-2H3. The van der Waals surface area contributed by atoms with Crippen molar-refractivity contribution in [2.75, 3.05) is 11.9 Å². The number of anilines is 1. The van der Waals surface area contributed by atoms with Crippen LogP contribution in [0.1, 0.15) is 5.56 Å². The van der Waals surface area contributed by atoms with E-state index in [1.165, 1.54) is 11.3 Å². The van der Waals surface area contributed by atoms with Crippen molar-refractivity contribution in [3.8, 4) is 0 Å². The number of aryl methyl sites for hydroxylation is 1. The zero-order valence-electron chi connectivity index (χ0n) is 6.63. The molecule has 0 aliphatic rings. The van der Waals surface area contributed by atoms with Crippen LogP contribution in [-0.2, 0) is 0 Å². The lowest BCUT2D eigenvalue weighted by Gasteiger charge is -2.14. The summed E-state index contributed by atoms with van der Waals surface area (Å²) in [5.74, 6) is 0. The molecule has 0 radical (unpaired) electrons. The number of nitrogens with zero attached hydrogens (tertiary/aromatic N) is 2. The smallest absolute Gasteiger partial charge is 0.217 e. The summed E-state index contributed by atoms with van der Waals surface area (Å²) < 4.78 is 0. The van der Waals surface area contributed by atoms with Crippen LogP contribution >= 0.6 is 0 Å². The van der Waals surface area contributed by atoms with E-state index in [1.54, 1.807) is 0 Å². The van der Waals surface area contributed by atoms with E-state index in [9.17, 15) is 0 Å². The van der Waals surface area contributed by atoms with Crippen LogP contribution in [0, 0.1) is 6.92 Å². The van der Waals surface area contributed by atoms with E-state index in [4.69, 9.17) is 0 Å². The van der Waals surface area contributed by atoms with Gasteiger partial charge in [-0.3, -0.25) is 4.98 Å². The molecule has 1 aromatic heterocycles. The number of aromatic nitrogens is 1. The Labute approximate surface area is 62.3 Å². The maximum absolute atomic E-state index is 4.03. The second-order valence-corrected chi connectivity index (χ2v) is 2.56. The minimum atomic E-state index is 1.18. The molecule has 1 rings (SSSR count). The second kappa shape index (κ2) is 2.73. The Bertz CT molecular complexity index is 223. The average Bonchev–Trinajstić information content (AvgIpc) is 1.88. The summed E-state index contributed by atoms with van der Waals surface area (Å²) in [4.78, 5) is 6.08. The summed E-state index contributed by atoms with van der Waals surface area (Å²) in [6.45, 7) is 2.08. The molecule has 0 N–H and O–H groups in total. The quantitative estimate of drug-likeness (QED) is 0.516. The maximum atomic E-state index is 4.03. The molecule has 0 amide bonds. The molecule has 0 aliphatic heterocycles. The van der Waals surface area contributed by atoms with Gasteiger partial charge in [0.15, 0.2) is 0 Å². The van der Waals surface area contributed by atoms with Crippen molar-refractivity contribution in [1.82, 2.24) is 4.98 Å². The van der Waals surface area contributed by atoms with Crippen molar-refractivity contribution in [1.29, 1.82) is 0 Å². The molecule has 0 fully saturated rings. The second-order valence-electron chi connectivity index (χ2n) is 2.56. The predicted molar refractivity (Wildman–Crippen MR) is 45.9 cm³/mol. The van der Waals surface area contributed by atoms with Gasteiger partial charge in [-0.15, -0.1) is 0 Å². The van der Waals surface area contributed by atoms with Gasteiger partial charge in [0.1, 0.15) is 0 Å². The minimum Gasteiger partial charge on any atom is -0.423 e. The van der Waals surface area contributed by atoms with Crippen LogP contribution in [0.3, 0.4) is 0 Å². The summed E-state index contributed by atoms with van der Waals surface area (Å²) in [6.07, 6.45) is 3.68. The van der Waals surface area contributed by atoms with E-state index in [-0.39, 0.29) is 0 Å².